The van der Waals surface area contributed by atoms with Crippen LogP contribution >= 0.6 is 0 Å². The zero-order chi connectivity index (χ0) is 16.7. The minimum atomic E-state index is -0.496. The SMILES string of the molecule is COCCCNc1cc(C(=O)Nc2ccccc2F)nc(C)n1. The molecule has 0 fully saturated rings. The maximum atomic E-state index is 13.6. The van der Waals surface area contributed by atoms with E-state index in [4.69, 9.17) is 4.74 Å². The number of hydrogen-bond acceptors (Lipinski definition) is 5. The van der Waals surface area contributed by atoms with E-state index in [9.17, 15) is 9.18 Å². The van der Waals surface area contributed by atoms with Gasteiger partial charge in [-0.25, -0.2) is 14.4 Å². The highest BCUT2D eigenvalue weighted by Crippen LogP contribution is 2.14. The van der Waals surface area contributed by atoms with E-state index in [2.05, 4.69) is 20.6 Å². The molecular weight excluding hydrogens is 299 g/mol. The molecule has 0 bridgehead atoms. The number of hydrogen-bond donors (Lipinski definition) is 2. The molecule has 2 aromatic rings. The third-order valence-electron chi connectivity index (χ3n) is 3.02. The number of methoxy groups -OCH3 is 1. The number of anilines is 2. The molecule has 122 valence electrons. The van der Waals surface area contributed by atoms with Crippen molar-refractivity contribution in [3.8, 4) is 0 Å². The van der Waals surface area contributed by atoms with Gasteiger partial charge in [0, 0.05) is 26.3 Å². The number of carbonyl (C=O) groups is 1. The molecule has 0 aliphatic heterocycles. The molecule has 0 unspecified atom stereocenters. The van der Waals surface area contributed by atoms with Crippen LogP contribution in [0.4, 0.5) is 15.9 Å². The molecule has 7 heteroatoms. The van der Waals surface area contributed by atoms with E-state index < -0.39 is 11.7 Å². The van der Waals surface area contributed by atoms with Crippen LogP contribution < -0.4 is 10.6 Å². The Morgan fingerprint density at radius 3 is 2.83 bits per heavy atom. The van der Waals surface area contributed by atoms with E-state index in [0.29, 0.717) is 24.8 Å². The van der Waals surface area contributed by atoms with Crippen LogP contribution in [0.1, 0.15) is 22.7 Å². The van der Waals surface area contributed by atoms with Gasteiger partial charge in [0.2, 0.25) is 0 Å². The van der Waals surface area contributed by atoms with Crippen LogP contribution in [0, 0.1) is 12.7 Å². The molecule has 1 aromatic carbocycles. The second-order valence-electron chi connectivity index (χ2n) is 4.89. The summed E-state index contributed by atoms with van der Waals surface area (Å²) in [4.78, 5) is 20.5. The third kappa shape index (κ3) is 5.00. The first kappa shape index (κ1) is 16.8. The van der Waals surface area contributed by atoms with Crippen LogP contribution in [0.2, 0.25) is 0 Å². The van der Waals surface area contributed by atoms with Gasteiger partial charge < -0.3 is 15.4 Å². The van der Waals surface area contributed by atoms with Crippen molar-refractivity contribution in [1.82, 2.24) is 9.97 Å². The Kier molecular flexibility index (Phi) is 5.99. The van der Waals surface area contributed by atoms with Crippen molar-refractivity contribution in [3.05, 3.63) is 47.7 Å². The molecule has 2 N–H and O–H groups in total. The number of benzene rings is 1. The first-order valence-electron chi connectivity index (χ1n) is 7.24. The molecule has 0 spiro atoms. The number of aromatic nitrogens is 2. The largest absolute Gasteiger partial charge is 0.385 e. The summed E-state index contributed by atoms with van der Waals surface area (Å²) < 4.78 is 18.6. The van der Waals surface area contributed by atoms with E-state index in [-0.39, 0.29) is 11.4 Å². The highest BCUT2D eigenvalue weighted by Gasteiger charge is 2.12. The Morgan fingerprint density at radius 1 is 1.30 bits per heavy atom. The van der Waals surface area contributed by atoms with Gasteiger partial charge in [-0.3, -0.25) is 4.79 Å². The summed E-state index contributed by atoms with van der Waals surface area (Å²) in [6, 6.07) is 7.51. The smallest absolute Gasteiger partial charge is 0.274 e. The summed E-state index contributed by atoms with van der Waals surface area (Å²) >= 11 is 0. The van der Waals surface area contributed by atoms with Crippen molar-refractivity contribution in [2.24, 2.45) is 0 Å². The zero-order valence-electron chi connectivity index (χ0n) is 13.1. The molecule has 6 nitrogen and oxygen atoms in total. The molecule has 0 aliphatic carbocycles. The fourth-order valence-corrected chi connectivity index (χ4v) is 1.96. The van der Waals surface area contributed by atoms with Crippen molar-refractivity contribution in [2.45, 2.75) is 13.3 Å². The number of ether oxygens (including phenoxy) is 1. The predicted molar refractivity (Wildman–Crippen MR) is 86.1 cm³/mol. The average Bonchev–Trinajstić information content (AvgIpc) is 2.53. The zero-order valence-corrected chi connectivity index (χ0v) is 13.1. The van der Waals surface area contributed by atoms with Crippen LogP contribution in [-0.4, -0.2) is 36.1 Å². The van der Waals surface area contributed by atoms with Gasteiger partial charge in [0.25, 0.3) is 5.91 Å². The van der Waals surface area contributed by atoms with Gasteiger partial charge in [-0.2, -0.15) is 0 Å². The molecular formula is C16H19FN4O2. The van der Waals surface area contributed by atoms with Crippen molar-refractivity contribution < 1.29 is 13.9 Å². The molecule has 1 amide bonds. The van der Waals surface area contributed by atoms with Crippen LogP contribution in [0.25, 0.3) is 0 Å². The molecule has 0 radical (unpaired) electrons. The summed E-state index contributed by atoms with van der Waals surface area (Å²) in [5, 5.41) is 5.61. The maximum Gasteiger partial charge on any atom is 0.274 e. The minimum absolute atomic E-state index is 0.114. The first-order chi connectivity index (χ1) is 11.1. The summed E-state index contributed by atoms with van der Waals surface area (Å²) in [5.74, 6) is 0.0257. The van der Waals surface area contributed by atoms with Crippen LogP contribution in [0.3, 0.4) is 0 Å². The number of rotatable bonds is 7. The van der Waals surface area contributed by atoms with E-state index in [1.807, 2.05) is 0 Å². The Morgan fingerprint density at radius 2 is 2.09 bits per heavy atom. The van der Waals surface area contributed by atoms with E-state index in [0.717, 1.165) is 6.42 Å². The lowest BCUT2D eigenvalue weighted by molar-refractivity contribution is 0.102. The fourth-order valence-electron chi connectivity index (χ4n) is 1.96. The monoisotopic (exact) mass is 318 g/mol. The molecule has 0 saturated carbocycles. The normalized spacial score (nSPS) is 10.4. The quantitative estimate of drug-likeness (QED) is 0.768. The fraction of sp³-hybridized carbons (Fsp3) is 0.312. The number of halogens is 1. The van der Waals surface area contributed by atoms with E-state index >= 15 is 0 Å². The lowest BCUT2D eigenvalue weighted by Crippen LogP contribution is -2.17. The second kappa shape index (κ2) is 8.19. The molecule has 1 heterocycles. The summed E-state index contributed by atoms with van der Waals surface area (Å²) in [5.41, 5.74) is 0.290. The standard InChI is InChI=1S/C16H19FN4O2/c1-11-19-14(10-15(20-11)18-8-5-9-23-2)16(22)21-13-7-4-3-6-12(13)17/h3-4,6-7,10H,5,8-9H2,1-2H3,(H,21,22)(H,18,19,20). The van der Waals surface area contributed by atoms with Crippen LogP contribution in [0.15, 0.2) is 30.3 Å². The summed E-state index contributed by atoms with van der Waals surface area (Å²) in [7, 11) is 1.64. The van der Waals surface area contributed by atoms with Gasteiger partial charge in [0.05, 0.1) is 5.69 Å². The van der Waals surface area contributed by atoms with E-state index in [1.165, 1.54) is 18.2 Å². The van der Waals surface area contributed by atoms with Crippen molar-refractivity contribution in [3.63, 3.8) is 0 Å². The average molecular weight is 318 g/mol. The highest BCUT2D eigenvalue weighted by atomic mass is 19.1. The van der Waals surface area contributed by atoms with Crippen LogP contribution in [-0.2, 0) is 4.74 Å². The molecule has 1 aromatic heterocycles. The minimum Gasteiger partial charge on any atom is -0.385 e. The third-order valence-corrected chi connectivity index (χ3v) is 3.02. The van der Waals surface area contributed by atoms with Gasteiger partial charge in [-0.1, -0.05) is 12.1 Å². The highest BCUT2D eigenvalue weighted by molar-refractivity contribution is 6.03. The second-order valence-corrected chi connectivity index (χ2v) is 4.89. The van der Waals surface area contributed by atoms with Crippen LogP contribution in [0.5, 0.6) is 0 Å². The number of para-hydroxylation sites is 1. The number of carbonyl (C=O) groups excluding carboxylic acids is 1. The first-order valence-corrected chi connectivity index (χ1v) is 7.24. The van der Waals surface area contributed by atoms with Crippen molar-refractivity contribution >= 4 is 17.4 Å². The maximum absolute atomic E-state index is 13.6. The Balaban J connectivity index is 2.08. The van der Waals surface area contributed by atoms with Gasteiger partial charge in [-0.05, 0) is 25.5 Å². The van der Waals surface area contributed by atoms with E-state index in [1.54, 1.807) is 26.2 Å². The topological polar surface area (TPSA) is 76.1 Å². The van der Waals surface area contributed by atoms with Crippen molar-refractivity contribution in [1.29, 1.82) is 0 Å². The lowest BCUT2D eigenvalue weighted by atomic mass is 10.3. The van der Waals surface area contributed by atoms with Gasteiger partial charge in [0.15, 0.2) is 0 Å². The van der Waals surface area contributed by atoms with Gasteiger partial charge >= 0.3 is 0 Å². The Labute approximate surface area is 134 Å². The predicted octanol–water partition coefficient (Wildman–Crippen LogP) is 2.62. The molecule has 0 atom stereocenters. The molecule has 0 saturated heterocycles. The number of nitrogens with zero attached hydrogens (tertiary/aromatic N) is 2. The molecule has 2 rings (SSSR count). The molecule has 0 aliphatic rings. The molecule has 23 heavy (non-hydrogen) atoms. The lowest BCUT2D eigenvalue weighted by Gasteiger charge is -2.09. The summed E-state index contributed by atoms with van der Waals surface area (Å²) in [6.07, 6.45) is 0.816. The number of aryl methyl sites for hydroxylation is 1. The summed E-state index contributed by atoms with van der Waals surface area (Å²) in [6.45, 7) is 3.00. The van der Waals surface area contributed by atoms with Crippen molar-refractivity contribution in [2.75, 3.05) is 30.9 Å². The number of amides is 1. The van der Waals surface area contributed by atoms with Gasteiger partial charge in [-0.15, -0.1) is 0 Å². The Hall–Kier alpha value is -2.54. The Bertz CT molecular complexity index is 679. The van der Waals surface area contributed by atoms with Gasteiger partial charge in [0.1, 0.15) is 23.2 Å². The number of nitrogens with one attached hydrogen (secondary N) is 2.